The number of alkyl halides is 3. The Morgan fingerprint density at radius 3 is 2.06 bits per heavy atom. The van der Waals surface area contributed by atoms with Crippen molar-refractivity contribution < 1.29 is 37.4 Å². The highest BCUT2D eigenvalue weighted by atomic mass is 19.4. The van der Waals surface area contributed by atoms with Gasteiger partial charge in [0.1, 0.15) is 18.7 Å². The number of ether oxygens (including phenoxy) is 1. The van der Waals surface area contributed by atoms with Crippen LogP contribution in [-0.4, -0.2) is 47.9 Å². The molecule has 0 aromatic heterocycles. The zero-order valence-corrected chi connectivity index (χ0v) is 20.0. The summed E-state index contributed by atoms with van der Waals surface area (Å²) in [4.78, 5) is 36.8. The molecule has 0 saturated heterocycles. The number of carbonyl (C=O) groups is 3. The maximum atomic E-state index is 12.8. The van der Waals surface area contributed by atoms with Gasteiger partial charge in [-0.25, -0.2) is 9.59 Å². The van der Waals surface area contributed by atoms with Crippen molar-refractivity contribution >= 4 is 18.0 Å². The van der Waals surface area contributed by atoms with Crippen LogP contribution in [-0.2, 0) is 14.3 Å². The number of fused-ring (bicyclic) bond motifs is 3. The average Bonchev–Trinajstić information content (AvgIpc) is 3.16. The lowest BCUT2D eigenvalue weighted by molar-refractivity contribution is -0.148. The fourth-order valence-corrected chi connectivity index (χ4v) is 4.30. The molecule has 10 heteroatoms. The van der Waals surface area contributed by atoms with E-state index in [0.29, 0.717) is 6.42 Å². The number of carboxylic acid groups (broad SMARTS) is 1. The van der Waals surface area contributed by atoms with Crippen LogP contribution in [0.1, 0.15) is 50.2 Å². The first kappa shape index (κ1) is 27.0. The molecule has 2 amide bonds. The Morgan fingerprint density at radius 2 is 1.56 bits per heavy atom. The average molecular weight is 507 g/mol. The van der Waals surface area contributed by atoms with Crippen LogP contribution in [0.5, 0.6) is 0 Å². The maximum absolute atomic E-state index is 12.8. The quantitative estimate of drug-likeness (QED) is 0.427. The van der Waals surface area contributed by atoms with Crippen molar-refractivity contribution in [3.05, 3.63) is 59.7 Å². The second-order valence-electron chi connectivity index (χ2n) is 8.89. The molecule has 0 unspecified atom stereocenters. The van der Waals surface area contributed by atoms with E-state index in [-0.39, 0.29) is 12.5 Å². The predicted molar refractivity (Wildman–Crippen MR) is 126 cm³/mol. The molecular weight excluding hydrogens is 477 g/mol. The Bertz CT molecular complexity index is 1060. The third-order valence-electron chi connectivity index (χ3n) is 6.44. The van der Waals surface area contributed by atoms with Gasteiger partial charge in [0.05, 0.1) is 0 Å². The molecule has 7 nitrogen and oxygen atoms in total. The van der Waals surface area contributed by atoms with Gasteiger partial charge in [-0.05, 0) is 34.6 Å². The summed E-state index contributed by atoms with van der Waals surface area (Å²) in [5.74, 6) is -3.09. The van der Waals surface area contributed by atoms with Gasteiger partial charge >= 0.3 is 18.2 Å². The van der Waals surface area contributed by atoms with Crippen LogP contribution in [0.4, 0.5) is 18.0 Å². The van der Waals surface area contributed by atoms with Crippen molar-refractivity contribution in [1.29, 1.82) is 0 Å². The van der Waals surface area contributed by atoms with Gasteiger partial charge in [-0.3, -0.25) is 4.79 Å². The van der Waals surface area contributed by atoms with E-state index in [4.69, 9.17) is 4.74 Å². The summed E-state index contributed by atoms with van der Waals surface area (Å²) in [6.45, 7) is 3.44. The number of benzene rings is 2. The summed E-state index contributed by atoms with van der Waals surface area (Å²) in [5.41, 5.74) is 4.13. The van der Waals surface area contributed by atoms with Crippen molar-refractivity contribution in [2.24, 2.45) is 5.92 Å². The number of rotatable bonds is 10. The molecule has 2 aromatic rings. The topological polar surface area (TPSA) is 105 Å². The molecular formula is C26H29F3N2O5. The standard InChI is InChI=1S/C26H29F3N2O5/c1-3-15(2)22(23(32)30-21(24(33)34)12-13-26(27,28)29)31-25(35)36-14-20-18-10-6-4-8-16(18)17-9-5-7-11-19(17)20/h4-11,15,20-22H,3,12-14H2,1-2H3,(H,30,32)(H,31,35)(H,33,34)/t15-,21-,22-/m0/s1. The van der Waals surface area contributed by atoms with E-state index >= 15 is 0 Å². The zero-order valence-electron chi connectivity index (χ0n) is 20.0. The van der Waals surface area contributed by atoms with Crippen LogP contribution in [0.3, 0.4) is 0 Å². The van der Waals surface area contributed by atoms with Crippen LogP contribution in [0.2, 0.25) is 0 Å². The molecule has 0 fully saturated rings. The molecule has 194 valence electrons. The largest absolute Gasteiger partial charge is 0.480 e. The molecule has 3 rings (SSSR count). The Hall–Kier alpha value is -3.56. The molecule has 0 radical (unpaired) electrons. The van der Waals surface area contributed by atoms with E-state index in [1.54, 1.807) is 13.8 Å². The molecule has 2 aromatic carbocycles. The maximum Gasteiger partial charge on any atom is 0.407 e. The summed E-state index contributed by atoms with van der Waals surface area (Å²) in [6, 6.07) is 12.7. The van der Waals surface area contributed by atoms with Crippen LogP contribution in [0.25, 0.3) is 11.1 Å². The third kappa shape index (κ3) is 6.56. The molecule has 3 atom stereocenters. The Kier molecular flexibility index (Phi) is 8.60. The van der Waals surface area contributed by atoms with Crippen molar-refractivity contribution in [3.63, 3.8) is 0 Å². The SMILES string of the molecule is CC[C@H](C)[C@H](NC(=O)OCC1c2ccccc2-c2ccccc21)C(=O)N[C@@H](CCC(F)(F)F)C(=O)O. The van der Waals surface area contributed by atoms with E-state index in [9.17, 15) is 32.7 Å². The van der Waals surface area contributed by atoms with E-state index in [1.165, 1.54) is 0 Å². The smallest absolute Gasteiger partial charge is 0.407 e. The molecule has 36 heavy (non-hydrogen) atoms. The van der Waals surface area contributed by atoms with Gasteiger partial charge in [-0.15, -0.1) is 0 Å². The molecule has 0 aliphatic heterocycles. The van der Waals surface area contributed by atoms with Gasteiger partial charge in [0.2, 0.25) is 5.91 Å². The van der Waals surface area contributed by atoms with Gasteiger partial charge in [-0.1, -0.05) is 68.8 Å². The molecule has 0 spiro atoms. The summed E-state index contributed by atoms with van der Waals surface area (Å²) in [5, 5.41) is 13.8. The normalized spacial score (nSPS) is 15.2. The number of nitrogens with one attached hydrogen (secondary N) is 2. The van der Waals surface area contributed by atoms with Crippen molar-refractivity contribution in [2.75, 3.05) is 6.61 Å². The number of halogens is 3. The molecule has 0 heterocycles. The number of carbonyl (C=O) groups excluding carboxylic acids is 2. The van der Waals surface area contributed by atoms with E-state index in [0.717, 1.165) is 22.3 Å². The number of hydrogen-bond donors (Lipinski definition) is 3. The lowest BCUT2D eigenvalue weighted by Gasteiger charge is -2.25. The third-order valence-corrected chi connectivity index (χ3v) is 6.44. The fourth-order valence-electron chi connectivity index (χ4n) is 4.30. The minimum atomic E-state index is -4.56. The Morgan fingerprint density at radius 1 is 1.00 bits per heavy atom. The van der Waals surface area contributed by atoms with Gasteiger partial charge in [0.25, 0.3) is 0 Å². The number of carboxylic acids is 1. The van der Waals surface area contributed by atoms with E-state index < -0.39 is 55.0 Å². The van der Waals surface area contributed by atoms with Crippen molar-refractivity contribution in [3.8, 4) is 11.1 Å². The Balaban J connectivity index is 1.66. The molecule has 1 aliphatic rings. The molecule has 3 N–H and O–H groups in total. The highest BCUT2D eigenvalue weighted by Gasteiger charge is 2.34. The first-order chi connectivity index (χ1) is 17.0. The van der Waals surface area contributed by atoms with Crippen LogP contribution in [0.15, 0.2) is 48.5 Å². The number of alkyl carbamates (subject to hydrolysis) is 1. The second kappa shape index (κ2) is 11.5. The number of hydrogen-bond acceptors (Lipinski definition) is 4. The monoisotopic (exact) mass is 506 g/mol. The minimum absolute atomic E-state index is 0.0119. The molecule has 0 saturated carbocycles. The number of amides is 2. The lowest BCUT2D eigenvalue weighted by atomic mass is 9.97. The van der Waals surface area contributed by atoms with Crippen LogP contribution < -0.4 is 10.6 Å². The fraction of sp³-hybridized carbons (Fsp3) is 0.423. The van der Waals surface area contributed by atoms with Crippen molar-refractivity contribution in [2.45, 2.75) is 57.3 Å². The van der Waals surface area contributed by atoms with Gasteiger partial charge in [0, 0.05) is 12.3 Å². The summed E-state index contributed by atoms with van der Waals surface area (Å²) in [7, 11) is 0. The van der Waals surface area contributed by atoms with Gasteiger partial charge in [0.15, 0.2) is 0 Å². The van der Waals surface area contributed by atoms with Crippen molar-refractivity contribution in [1.82, 2.24) is 10.6 Å². The Labute approximate surface area is 207 Å². The molecule has 1 aliphatic carbocycles. The zero-order chi connectivity index (χ0) is 26.5. The summed E-state index contributed by atoms with van der Waals surface area (Å²) >= 11 is 0. The van der Waals surface area contributed by atoms with Crippen LogP contribution in [0, 0.1) is 5.92 Å². The first-order valence-electron chi connectivity index (χ1n) is 11.7. The van der Waals surface area contributed by atoms with Crippen LogP contribution >= 0.6 is 0 Å². The lowest BCUT2D eigenvalue weighted by Crippen LogP contribution is -2.54. The van der Waals surface area contributed by atoms with Gasteiger partial charge in [-0.2, -0.15) is 13.2 Å². The van der Waals surface area contributed by atoms with E-state index in [1.807, 2.05) is 48.5 Å². The predicted octanol–water partition coefficient (Wildman–Crippen LogP) is 4.85. The second-order valence-corrected chi connectivity index (χ2v) is 8.89. The van der Waals surface area contributed by atoms with Gasteiger partial charge < -0.3 is 20.5 Å². The summed E-state index contributed by atoms with van der Waals surface area (Å²) < 4.78 is 43.1. The highest BCUT2D eigenvalue weighted by molar-refractivity contribution is 5.89. The van der Waals surface area contributed by atoms with E-state index in [2.05, 4.69) is 10.6 Å². The first-order valence-corrected chi connectivity index (χ1v) is 11.7. The number of aliphatic carboxylic acids is 1. The molecule has 0 bridgehead atoms. The summed E-state index contributed by atoms with van der Waals surface area (Å²) in [6.07, 6.45) is -7.17. The minimum Gasteiger partial charge on any atom is -0.480 e. The highest BCUT2D eigenvalue weighted by Crippen LogP contribution is 2.44.